The van der Waals surface area contributed by atoms with Gasteiger partial charge < -0.3 is 14.6 Å². The second kappa shape index (κ2) is 7.41. The summed E-state index contributed by atoms with van der Waals surface area (Å²) in [5, 5.41) is 10.1. The zero-order chi connectivity index (χ0) is 14.5. The predicted octanol–water partition coefficient (Wildman–Crippen LogP) is 2.30. The van der Waals surface area contributed by atoms with Crippen LogP contribution in [0.3, 0.4) is 0 Å². The van der Waals surface area contributed by atoms with Crippen molar-refractivity contribution in [1.82, 2.24) is 4.90 Å². The van der Waals surface area contributed by atoms with Crippen LogP contribution in [0.1, 0.15) is 13.8 Å². The van der Waals surface area contributed by atoms with Gasteiger partial charge in [-0.2, -0.15) is 0 Å². The Hall–Kier alpha value is -0.620. The first-order valence-electron chi connectivity index (χ1n) is 6.98. The van der Waals surface area contributed by atoms with Gasteiger partial charge in [0.1, 0.15) is 18.5 Å². The summed E-state index contributed by atoms with van der Waals surface area (Å²) in [5.41, 5.74) is 0. The van der Waals surface area contributed by atoms with Crippen molar-refractivity contribution in [2.75, 3.05) is 26.2 Å². The Kier molecular flexibility index (Phi) is 5.84. The lowest BCUT2D eigenvalue weighted by Crippen LogP contribution is -2.48. The molecule has 0 amide bonds. The molecule has 0 bridgehead atoms. The summed E-state index contributed by atoms with van der Waals surface area (Å²) in [6.45, 7) is 6.75. The van der Waals surface area contributed by atoms with Gasteiger partial charge in [-0.1, -0.05) is 12.1 Å². The Labute approximate surface area is 128 Å². The maximum Gasteiger partial charge on any atom is 0.133 e. The van der Waals surface area contributed by atoms with E-state index in [2.05, 4.69) is 34.7 Å². The molecule has 1 N–H and O–H groups in total. The van der Waals surface area contributed by atoms with Crippen molar-refractivity contribution in [1.29, 1.82) is 0 Å². The maximum absolute atomic E-state index is 10.1. The van der Waals surface area contributed by atoms with Gasteiger partial charge in [-0.05, 0) is 41.9 Å². The van der Waals surface area contributed by atoms with E-state index in [-0.39, 0.29) is 12.2 Å². The van der Waals surface area contributed by atoms with E-state index in [1.54, 1.807) is 0 Å². The van der Waals surface area contributed by atoms with Crippen molar-refractivity contribution in [2.45, 2.75) is 32.2 Å². The van der Waals surface area contributed by atoms with E-state index in [9.17, 15) is 5.11 Å². The Morgan fingerprint density at radius 1 is 1.35 bits per heavy atom. The number of aliphatic hydroxyl groups excluding tert-OH is 1. The van der Waals surface area contributed by atoms with Gasteiger partial charge in [0.2, 0.25) is 0 Å². The SMILES string of the molecule is C[C@H]1CN(C[C@H](O)COc2ccccc2Br)C[C@H](C)O1. The van der Waals surface area contributed by atoms with Crippen LogP contribution in [0.2, 0.25) is 0 Å². The molecule has 0 radical (unpaired) electrons. The van der Waals surface area contributed by atoms with Gasteiger partial charge in [-0.3, -0.25) is 4.90 Å². The van der Waals surface area contributed by atoms with E-state index in [0.717, 1.165) is 23.3 Å². The van der Waals surface area contributed by atoms with Crippen LogP contribution in [0.5, 0.6) is 5.75 Å². The van der Waals surface area contributed by atoms with E-state index in [0.29, 0.717) is 13.2 Å². The second-order valence-electron chi connectivity index (χ2n) is 5.37. The molecular weight excluding hydrogens is 322 g/mol. The van der Waals surface area contributed by atoms with Gasteiger partial charge in [0.05, 0.1) is 16.7 Å². The molecule has 1 fully saturated rings. The van der Waals surface area contributed by atoms with E-state index < -0.39 is 6.10 Å². The molecule has 1 aromatic rings. The number of β-amino-alcohol motifs (C(OH)–C–C–N with tert-alkyl or cyclic N) is 1. The third kappa shape index (κ3) is 4.74. The smallest absolute Gasteiger partial charge is 0.133 e. The van der Waals surface area contributed by atoms with Crippen LogP contribution in [-0.4, -0.2) is 54.6 Å². The fraction of sp³-hybridized carbons (Fsp3) is 0.600. The molecule has 20 heavy (non-hydrogen) atoms. The molecule has 0 aromatic heterocycles. The average molecular weight is 344 g/mol. The summed E-state index contributed by atoms with van der Waals surface area (Å²) in [7, 11) is 0. The van der Waals surface area contributed by atoms with Gasteiger partial charge in [0, 0.05) is 19.6 Å². The van der Waals surface area contributed by atoms with E-state index >= 15 is 0 Å². The monoisotopic (exact) mass is 343 g/mol. The van der Waals surface area contributed by atoms with Gasteiger partial charge in [-0.15, -0.1) is 0 Å². The Bertz CT molecular complexity index is 419. The topological polar surface area (TPSA) is 41.9 Å². The van der Waals surface area contributed by atoms with Crippen molar-refractivity contribution >= 4 is 15.9 Å². The van der Waals surface area contributed by atoms with Gasteiger partial charge in [0.25, 0.3) is 0 Å². The predicted molar refractivity (Wildman–Crippen MR) is 82.1 cm³/mol. The van der Waals surface area contributed by atoms with Crippen molar-refractivity contribution < 1.29 is 14.6 Å². The number of hydrogen-bond donors (Lipinski definition) is 1. The summed E-state index contributed by atoms with van der Waals surface area (Å²) >= 11 is 3.43. The Morgan fingerprint density at radius 3 is 2.65 bits per heavy atom. The third-order valence-corrected chi connectivity index (χ3v) is 3.89. The first kappa shape index (κ1) is 15.8. The highest BCUT2D eigenvalue weighted by atomic mass is 79.9. The molecular formula is C15H22BrNO3. The highest BCUT2D eigenvalue weighted by molar-refractivity contribution is 9.10. The maximum atomic E-state index is 10.1. The zero-order valence-electron chi connectivity index (χ0n) is 12.0. The molecule has 0 unspecified atom stereocenters. The molecule has 1 aliphatic rings. The molecule has 1 saturated heterocycles. The van der Waals surface area contributed by atoms with E-state index in [1.165, 1.54) is 0 Å². The molecule has 2 rings (SSSR count). The highest BCUT2D eigenvalue weighted by Gasteiger charge is 2.23. The number of ether oxygens (including phenoxy) is 2. The molecule has 3 atom stereocenters. The molecule has 4 nitrogen and oxygen atoms in total. The van der Waals surface area contributed by atoms with Gasteiger partial charge in [0.15, 0.2) is 0 Å². The normalized spacial score (nSPS) is 25.4. The number of nitrogens with zero attached hydrogens (tertiary/aromatic N) is 1. The van der Waals surface area contributed by atoms with E-state index in [4.69, 9.17) is 9.47 Å². The minimum Gasteiger partial charge on any atom is -0.490 e. The minimum atomic E-state index is -0.500. The van der Waals surface area contributed by atoms with Crippen LogP contribution < -0.4 is 4.74 Å². The quantitative estimate of drug-likeness (QED) is 0.890. The number of benzene rings is 1. The average Bonchev–Trinajstić information content (AvgIpc) is 2.36. The fourth-order valence-corrected chi connectivity index (χ4v) is 2.93. The number of halogens is 1. The molecule has 1 aromatic carbocycles. The Morgan fingerprint density at radius 2 is 2.00 bits per heavy atom. The molecule has 1 aliphatic heterocycles. The molecule has 0 spiro atoms. The standard InChI is InChI=1S/C15H22BrNO3/c1-11-7-17(8-12(2)20-11)9-13(18)10-19-15-6-4-3-5-14(15)16/h3-6,11-13,18H,7-10H2,1-2H3/t11-,12-,13-/m0/s1. The highest BCUT2D eigenvalue weighted by Crippen LogP contribution is 2.23. The van der Waals surface area contributed by atoms with Crippen molar-refractivity contribution in [3.63, 3.8) is 0 Å². The number of para-hydroxylation sites is 1. The third-order valence-electron chi connectivity index (χ3n) is 3.23. The van der Waals surface area contributed by atoms with Gasteiger partial charge in [-0.25, -0.2) is 0 Å². The molecule has 0 aliphatic carbocycles. The van der Waals surface area contributed by atoms with Crippen LogP contribution in [0, 0.1) is 0 Å². The van der Waals surface area contributed by atoms with Crippen LogP contribution >= 0.6 is 15.9 Å². The second-order valence-corrected chi connectivity index (χ2v) is 6.23. The molecule has 0 saturated carbocycles. The van der Waals surface area contributed by atoms with Crippen LogP contribution in [0.4, 0.5) is 0 Å². The molecule has 5 heteroatoms. The van der Waals surface area contributed by atoms with E-state index in [1.807, 2.05) is 24.3 Å². The van der Waals surface area contributed by atoms with Crippen LogP contribution in [0.15, 0.2) is 28.7 Å². The van der Waals surface area contributed by atoms with Crippen molar-refractivity contribution in [3.8, 4) is 5.75 Å². The van der Waals surface area contributed by atoms with Crippen molar-refractivity contribution in [3.05, 3.63) is 28.7 Å². The lowest BCUT2D eigenvalue weighted by molar-refractivity contribution is -0.0787. The summed E-state index contributed by atoms with van der Waals surface area (Å²) in [4.78, 5) is 2.23. The number of morpholine rings is 1. The molecule has 1 heterocycles. The summed E-state index contributed by atoms with van der Waals surface area (Å²) in [6.07, 6.45) is -0.0649. The summed E-state index contributed by atoms with van der Waals surface area (Å²) < 4.78 is 12.2. The fourth-order valence-electron chi connectivity index (χ4n) is 2.53. The first-order chi connectivity index (χ1) is 9.54. The lowest BCUT2D eigenvalue weighted by Gasteiger charge is -2.36. The summed E-state index contributed by atoms with van der Waals surface area (Å²) in [5.74, 6) is 0.760. The number of aliphatic hydroxyl groups is 1. The number of rotatable bonds is 5. The molecule has 112 valence electrons. The van der Waals surface area contributed by atoms with Crippen LogP contribution in [-0.2, 0) is 4.74 Å². The first-order valence-corrected chi connectivity index (χ1v) is 7.77. The van der Waals surface area contributed by atoms with Gasteiger partial charge >= 0.3 is 0 Å². The lowest BCUT2D eigenvalue weighted by atomic mass is 10.2. The largest absolute Gasteiger partial charge is 0.490 e. The number of hydrogen-bond acceptors (Lipinski definition) is 4. The summed E-state index contributed by atoms with van der Waals surface area (Å²) in [6, 6.07) is 7.66. The minimum absolute atomic E-state index is 0.218. The van der Waals surface area contributed by atoms with Crippen molar-refractivity contribution in [2.24, 2.45) is 0 Å². The van der Waals surface area contributed by atoms with Crippen LogP contribution in [0.25, 0.3) is 0 Å². The zero-order valence-corrected chi connectivity index (χ0v) is 13.5. The Balaban J connectivity index is 1.78.